The van der Waals surface area contributed by atoms with Crippen molar-refractivity contribution in [1.82, 2.24) is 0 Å². The van der Waals surface area contributed by atoms with Crippen LogP contribution < -0.4 is 10.8 Å². The molecule has 0 aromatic rings. The minimum Gasteiger partial charge on any atom is -0.550 e. The molecule has 0 spiro atoms. The standard InChI is InChI=1S/C3H7NO2.Ca/c4-2-1-3(5)6;/h1-2,4H2,(H,5,6);/q;+2/p-1. The van der Waals surface area contributed by atoms with Crippen molar-refractivity contribution in [2.24, 2.45) is 5.73 Å². The van der Waals surface area contributed by atoms with Crippen LogP contribution in [0.2, 0.25) is 0 Å². The SMILES string of the molecule is NCCC(=O)[O-].[Ca+2]. The molecule has 0 fully saturated rings. The third-order valence-electron chi connectivity index (χ3n) is 0.348. The number of aliphatic carboxylic acids is 1. The van der Waals surface area contributed by atoms with E-state index in [0.29, 0.717) is 0 Å². The van der Waals surface area contributed by atoms with Gasteiger partial charge in [0.25, 0.3) is 0 Å². The van der Waals surface area contributed by atoms with Crippen molar-refractivity contribution >= 4 is 43.7 Å². The first-order valence-corrected chi connectivity index (χ1v) is 1.67. The largest absolute Gasteiger partial charge is 2.00 e. The third kappa shape index (κ3) is 10.8. The summed E-state index contributed by atoms with van der Waals surface area (Å²) in [7, 11) is 0. The van der Waals surface area contributed by atoms with Crippen LogP contribution in [0.15, 0.2) is 0 Å². The van der Waals surface area contributed by atoms with Gasteiger partial charge in [-0.3, -0.25) is 0 Å². The molecule has 0 bridgehead atoms. The molecule has 2 N–H and O–H groups in total. The fraction of sp³-hybridized carbons (Fsp3) is 0.667. The quantitative estimate of drug-likeness (QED) is 0.425. The van der Waals surface area contributed by atoms with Gasteiger partial charge in [-0.05, 0) is 13.0 Å². The Balaban J connectivity index is 0. The van der Waals surface area contributed by atoms with E-state index in [2.05, 4.69) is 0 Å². The van der Waals surface area contributed by atoms with E-state index in [-0.39, 0.29) is 50.7 Å². The Labute approximate surface area is 71.9 Å². The van der Waals surface area contributed by atoms with Crippen molar-refractivity contribution < 1.29 is 9.90 Å². The molecule has 0 aliphatic carbocycles. The molecule has 0 saturated heterocycles. The number of carbonyl (C=O) groups excluding carboxylic acids is 1. The topological polar surface area (TPSA) is 66.2 Å². The van der Waals surface area contributed by atoms with E-state index in [1.807, 2.05) is 0 Å². The van der Waals surface area contributed by atoms with Gasteiger partial charge in [-0.25, -0.2) is 0 Å². The fourth-order valence-corrected chi connectivity index (χ4v) is 0.118. The number of carbonyl (C=O) groups is 1. The third-order valence-corrected chi connectivity index (χ3v) is 0.348. The average molecular weight is 128 g/mol. The molecule has 0 aliphatic heterocycles. The van der Waals surface area contributed by atoms with Gasteiger partial charge >= 0.3 is 37.7 Å². The molecule has 0 rings (SSSR count). The smallest absolute Gasteiger partial charge is 0.550 e. The second-order valence-corrected chi connectivity index (χ2v) is 0.911. The monoisotopic (exact) mass is 128 g/mol. The van der Waals surface area contributed by atoms with Gasteiger partial charge in [-0.15, -0.1) is 0 Å². The van der Waals surface area contributed by atoms with E-state index in [9.17, 15) is 9.90 Å². The molecule has 0 aromatic heterocycles. The van der Waals surface area contributed by atoms with Gasteiger partial charge in [0.1, 0.15) is 0 Å². The second-order valence-electron chi connectivity index (χ2n) is 0.911. The van der Waals surface area contributed by atoms with Crippen LogP contribution in [-0.2, 0) is 4.79 Å². The molecule has 36 valence electrons. The van der Waals surface area contributed by atoms with Crippen LogP contribution in [0.4, 0.5) is 0 Å². The molecule has 0 aromatic carbocycles. The van der Waals surface area contributed by atoms with Gasteiger partial charge in [-0.1, -0.05) is 0 Å². The maximum absolute atomic E-state index is 9.41. The van der Waals surface area contributed by atoms with Crippen molar-refractivity contribution in [2.45, 2.75) is 6.42 Å². The Morgan fingerprint density at radius 1 is 1.71 bits per heavy atom. The normalized spacial score (nSPS) is 7.00. The minimum absolute atomic E-state index is 0. The van der Waals surface area contributed by atoms with Gasteiger partial charge in [0.15, 0.2) is 0 Å². The summed E-state index contributed by atoms with van der Waals surface area (Å²) in [5.74, 6) is -1.09. The Morgan fingerprint density at radius 2 is 2.14 bits per heavy atom. The van der Waals surface area contributed by atoms with Crippen molar-refractivity contribution in [1.29, 1.82) is 0 Å². The Hall–Kier alpha value is 0.690. The van der Waals surface area contributed by atoms with Crippen LogP contribution in [-0.4, -0.2) is 50.3 Å². The van der Waals surface area contributed by atoms with Gasteiger partial charge in [0.05, 0.1) is 0 Å². The molecular formula is C3H6CaNO2+. The Bertz CT molecular complexity index is 56.9. The summed E-state index contributed by atoms with van der Waals surface area (Å²) in [4.78, 5) is 9.41. The van der Waals surface area contributed by atoms with Gasteiger partial charge < -0.3 is 15.6 Å². The molecule has 0 amide bonds. The van der Waals surface area contributed by atoms with E-state index >= 15 is 0 Å². The molecule has 0 heterocycles. The van der Waals surface area contributed by atoms with Gasteiger partial charge in [0.2, 0.25) is 0 Å². The van der Waals surface area contributed by atoms with Gasteiger partial charge in [0, 0.05) is 5.97 Å². The van der Waals surface area contributed by atoms with Crippen LogP contribution in [0.5, 0.6) is 0 Å². The minimum atomic E-state index is -1.09. The van der Waals surface area contributed by atoms with E-state index in [1.165, 1.54) is 0 Å². The first kappa shape index (κ1) is 10.6. The summed E-state index contributed by atoms with van der Waals surface area (Å²) in [6, 6.07) is 0. The van der Waals surface area contributed by atoms with Crippen molar-refractivity contribution in [3.8, 4) is 0 Å². The predicted octanol–water partition coefficient (Wildman–Crippen LogP) is -2.30. The number of hydrogen-bond donors (Lipinski definition) is 1. The molecule has 0 unspecified atom stereocenters. The summed E-state index contributed by atoms with van der Waals surface area (Å²) >= 11 is 0. The molecule has 0 aliphatic rings. The molecular weight excluding hydrogens is 122 g/mol. The van der Waals surface area contributed by atoms with Crippen LogP contribution >= 0.6 is 0 Å². The van der Waals surface area contributed by atoms with E-state index in [1.54, 1.807) is 0 Å². The molecule has 4 heteroatoms. The maximum Gasteiger partial charge on any atom is 2.00 e. The Kier molecular flexibility index (Phi) is 10.2. The van der Waals surface area contributed by atoms with Crippen LogP contribution in [0.3, 0.4) is 0 Å². The maximum atomic E-state index is 9.41. The van der Waals surface area contributed by atoms with Crippen molar-refractivity contribution in [3.63, 3.8) is 0 Å². The number of carboxylic acid groups (broad SMARTS) is 1. The number of nitrogens with two attached hydrogens (primary N) is 1. The number of rotatable bonds is 2. The van der Waals surface area contributed by atoms with E-state index in [0.717, 1.165) is 0 Å². The number of hydrogen-bond acceptors (Lipinski definition) is 3. The first-order chi connectivity index (χ1) is 2.77. The zero-order chi connectivity index (χ0) is 4.99. The summed E-state index contributed by atoms with van der Waals surface area (Å²) in [5.41, 5.74) is 4.81. The second kappa shape index (κ2) is 6.69. The first-order valence-electron chi connectivity index (χ1n) is 1.67. The van der Waals surface area contributed by atoms with E-state index < -0.39 is 5.97 Å². The van der Waals surface area contributed by atoms with Crippen LogP contribution in [0, 0.1) is 0 Å². The van der Waals surface area contributed by atoms with Crippen molar-refractivity contribution in [2.75, 3.05) is 6.54 Å². The van der Waals surface area contributed by atoms with Crippen LogP contribution in [0.25, 0.3) is 0 Å². The summed E-state index contributed by atoms with van der Waals surface area (Å²) in [6.45, 7) is 0.169. The van der Waals surface area contributed by atoms with E-state index in [4.69, 9.17) is 5.73 Å². The number of carboxylic acids is 1. The molecule has 0 atom stereocenters. The molecule has 0 radical (unpaired) electrons. The Morgan fingerprint density at radius 3 is 2.14 bits per heavy atom. The van der Waals surface area contributed by atoms with Crippen molar-refractivity contribution in [3.05, 3.63) is 0 Å². The zero-order valence-corrected chi connectivity index (χ0v) is 6.22. The predicted molar refractivity (Wildman–Crippen MR) is 24.4 cm³/mol. The molecule has 3 nitrogen and oxygen atoms in total. The van der Waals surface area contributed by atoms with Gasteiger partial charge in [-0.2, -0.15) is 0 Å². The van der Waals surface area contributed by atoms with Crippen LogP contribution in [0.1, 0.15) is 6.42 Å². The molecule has 7 heavy (non-hydrogen) atoms. The summed E-state index contributed by atoms with van der Waals surface area (Å²) in [5, 5.41) is 9.41. The zero-order valence-electron chi connectivity index (χ0n) is 4.02. The average Bonchev–Trinajstić information content (AvgIpc) is 1.35. The summed E-state index contributed by atoms with van der Waals surface area (Å²) < 4.78 is 0. The molecule has 0 saturated carbocycles. The summed E-state index contributed by atoms with van der Waals surface area (Å²) in [6.07, 6.45) is -0.0417. The fourth-order valence-electron chi connectivity index (χ4n) is 0.118.